The zero-order chi connectivity index (χ0) is 96.1. The quantitative estimate of drug-likeness (QED) is 0.0308. The molecule has 2 aromatic heterocycles. The van der Waals surface area contributed by atoms with Gasteiger partial charge in [0, 0.05) is 113 Å². The van der Waals surface area contributed by atoms with Gasteiger partial charge in [-0.2, -0.15) is 0 Å². The van der Waals surface area contributed by atoms with E-state index in [1.165, 1.54) is 41.8 Å². The number of ether oxygens (including phenoxy) is 1. The number of aliphatic hydroxyl groups is 1. The summed E-state index contributed by atoms with van der Waals surface area (Å²) in [5.74, 6) is -15.8. The number of aromatic nitrogens is 2. The number of nitrogens with two attached hydrogens (primary N) is 4. The largest absolute Gasteiger partial charge is 0.497 e. The van der Waals surface area contributed by atoms with E-state index in [-0.39, 0.29) is 109 Å². The minimum absolute atomic E-state index is 0.0128. The van der Waals surface area contributed by atoms with Crippen molar-refractivity contribution in [1.82, 2.24) is 81.5 Å². The van der Waals surface area contributed by atoms with E-state index in [4.69, 9.17) is 27.7 Å². The zero-order valence-electron chi connectivity index (χ0n) is 75.9. The van der Waals surface area contributed by atoms with Gasteiger partial charge in [-0.25, -0.2) is 0 Å². The number of aliphatic hydroxyl groups excluding tert-OH is 1. The van der Waals surface area contributed by atoms with Gasteiger partial charge < -0.3 is 120 Å². The number of para-hydroxylation sites is 2. The van der Waals surface area contributed by atoms with E-state index >= 15 is 38.4 Å². The maximum Gasteiger partial charge on any atom is 0.323 e. The topological polar surface area (TPSA) is 600 Å². The summed E-state index contributed by atoms with van der Waals surface area (Å²) in [6.07, 6.45) is 0.671. The van der Waals surface area contributed by atoms with Crippen LogP contribution in [0.2, 0.25) is 0 Å². The number of fused-ring (bicyclic) bond motifs is 4. The van der Waals surface area contributed by atoms with Crippen LogP contribution in [-0.2, 0) is 107 Å². The Labute approximate surface area is 764 Å². The Bertz CT molecular complexity index is 5040. The van der Waals surface area contributed by atoms with Crippen molar-refractivity contribution in [3.05, 3.63) is 102 Å². The second-order valence-electron chi connectivity index (χ2n) is 35.3. The Hall–Kier alpha value is -12.6. The summed E-state index contributed by atoms with van der Waals surface area (Å²) in [6.45, 7) is 5.09. The summed E-state index contributed by atoms with van der Waals surface area (Å²) in [7, 11) is 4.24. The fraction of sp³-hybridized carbons (Fsp3) is 0.571. The molecule has 0 bridgehead atoms. The number of amides is 15. The van der Waals surface area contributed by atoms with Crippen LogP contribution in [0.25, 0.3) is 21.8 Å². The van der Waals surface area contributed by atoms with Crippen molar-refractivity contribution < 1.29 is 102 Å². The van der Waals surface area contributed by atoms with Gasteiger partial charge in [0.05, 0.1) is 25.7 Å². The van der Waals surface area contributed by atoms with Gasteiger partial charge in [-0.1, -0.05) is 102 Å². The second kappa shape index (κ2) is 46.4. The van der Waals surface area contributed by atoms with Crippen LogP contribution in [-0.4, -0.2) is 306 Å². The Morgan fingerprint density at radius 3 is 1.77 bits per heavy atom. The summed E-state index contributed by atoms with van der Waals surface area (Å²) < 4.78 is 6.82. The number of nitrogens with zero attached hydrogens (tertiary/aromatic N) is 7. The number of piperidine rings is 1. The summed E-state index contributed by atoms with van der Waals surface area (Å²) in [5, 5.41) is 54.8. The third-order valence-electron chi connectivity index (χ3n) is 25.4. The highest BCUT2D eigenvalue weighted by atomic mass is 16.5. The van der Waals surface area contributed by atoms with Gasteiger partial charge in [-0.3, -0.25) is 86.4 Å². The van der Waals surface area contributed by atoms with E-state index < -0.39 is 236 Å². The average molecular weight is 1840 g/mol. The lowest BCUT2D eigenvalue weighted by atomic mass is 9.97. The van der Waals surface area contributed by atoms with Crippen LogP contribution in [0.3, 0.4) is 0 Å². The first kappa shape index (κ1) is 101. The summed E-state index contributed by atoms with van der Waals surface area (Å²) in [4.78, 5) is 260. The van der Waals surface area contributed by atoms with E-state index in [0.29, 0.717) is 82.8 Å². The van der Waals surface area contributed by atoms with Crippen molar-refractivity contribution in [3.8, 4) is 5.75 Å². The van der Waals surface area contributed by atoms with Gasteiger partial charge in [0.1, 0.15) is 84.8 Å². The maximum atomic E-state index is 16.0. The molecule has 5 aliphatic rings. The molecule has 0 unspecified atom stereocenters. The Balaban J connectivity index is 1.02. The highest BCUT2D eigenvalue weighted by molar-refractivity contribution is 6.10. The van der Waals surface area contributed by atoms with Gasteiger partial charge in [0.25, 0.3) is 5.91 Å². The molecule has 5 aliphatic heterocycles. The van der Waals surface area contributed by atoms with E-state index in [1.807, 2.05) is 27.7 Å². The molecule has 5 fully saturated rings. The zero-order valence-corrected chi connectivity index (χ0v) is 75.9. The molecule has 5 saturated heterocycles. The van der Waals surface area contributed by atoms with Gasteiger partial charge in [0.15, 0.2) is 0 Å². The third-order valence-corrected chi connectivity index (χ3v) is 25.4. The number of carboxylic acids is 2. The Morgan fingerprint density at radius 1 is 0.553 bits per heavy atom. The SMILES string of the molecule is CCCC[C@H]1C(=O)N(C)[C@@H](CCCC)C(=O)N[C@@H](CC(C)C)C(=O)NCCC[C@H](N)C(=O)N[C@@H](Cc2ccc(OC)cc2)C(=O)N2CCCC[C@H]2C(=O)N[C@@H](CC(N)=O)C(=O)N2CCC[C@H]2C(=O)N[C@@H](CN)C(=O)N[C@@H](CCC(=O)O)C(=O)N2C[C@H](O)C[C@@]23C(=O)N3[C@@H](Cc2c[nH]c3ccccc23)C(=O)N[C@@H](CCN)C(=O)N[C@@H](Cc2cn(CC(=O)O)c3ccccc23)C(=O)N1C. The number of carbonyl (C=O) groups is 17. The molecule has 0 radical (unpaired) electrons. The number of hydrogen-bond acceptors (Lipinski definition) is 22. The molecule has 132 heavy (non-hydrogen) atoms. The third kappa shape index (κ3) is 24.8. The lowest BCUT2D eigenvalue weighted by Gasteiger charge is -2.38. The number of aromatic amines is 1. The monoisotopic (exact) mass is 1840 g/mol. The fourth-order valence-corrected chi connectivity index (χ4v) is 18.3. The van der Waals surface area contributed by atoms with E-state index in [2.05, 4.69) is 47.5 Å². The van der Waals surface area contributed by atoms with Crippen LogP contribution >= 0.6 is 0 Å². The molecule has 0 saturated carbocycles. The minimum Gasteiger partial charge on any atom is -0.497 e. The van der Waals surface area contributed by atoms with Crippen LogP contribution in [0.4, 0.5) is 0 Å². The molecule has 3 aromatic carbocycles. The first-order valence-electron chi connectivity index (χ1n) is 45.5. The molecular formula is C91H128N20O21. The number of H-pyrrole nitrogens is 1. The van der Waals surface area contributed by atoms with Crippen LogP contribution in [0.1, 0.15) is 166 Å². The number of rotatable bonds is 25. The van der Waals surface area contributed by atoms with E-state index in [1.54, 1.807) is 79.0 Å². The molecule has 1 spiro atoms. The van der Waals surface area contributed by atoms with Crippen molar-refractivity contribution >= 4 is 122 Å². The molecule has 718 valence electrons. The van der Waals surface area contributed by atoms with Crippen molar-refractivity contribution in [1.29, 1.82) is 0 Å². The predicted molar refractivity (Wildman–Crippen MR) is 481 cm³/mol. The fourth-order valence-electron chi connectivity index (χ4n) is 18.3. The molecule has 15 atom stereocenters. The molecule has 15 amide bonds. The van der Waals surface area contributed by atoms with Crippen LogP contribution in [0.5, 0.6) is 5.75 Å². The van der Waals surface area contributed by atoms with Crippen LogP contribution < -0.4 is 70.2 Å². The number of aliphatic carboxylic acids is 2. The summed E-state index contributed by atoms with van der Waals surface area (Å²) in [5.41, 5.74) is 25.0. The van der Waals surface area contributed by atoms with Crippen molar-refractivity contribution in [3.63, 3.8) is 0 Å². The molecule has 10 rings (SSSR count). The number of benzene rings is 3. The lowest BCUT2D eigenvalue weighted by molar-refractivity contribution is -0.149. The number of likely N-dealkylation sites (N-methyl/N-ethyl adjacent to an activating group) is 2. The number of unbranched alkanes of at least 4 members (excludes halogenated alkanes) is 2. The van der Waals surface area contributed by atoms with Crippen molar-refractivity contribution in [2.75, 3.05) is 60.5 Å². The van der Waals surface area contributed by atoms with E-state index in [0.717, 1.165) is 19.6 Å². The summed E-state index contributed by atoms with van der Waals surface area (Å²) in [6, 6.07) is 0.774. The van der Waals surface area contributed by atoms with Crippen LogP contribution in [0.15, 0.2) is 85.2 Å². The molecule has 5 aromatic rings. The maximum absolute atomic E-state index is 16.0. The minimum atomic E-state index is -2.21. The Kier molecular flexibility index (Phi) is 35.7. The van der Waals surface area contributed by atoms with Gasteiger partial charge in [0.2, 0.25) is 88.4 Å². The molecular weight excluding hydrogens is 1710 g/mol. The van der Waals surface area contributed by atoms with Crippen molar-refractivity contribution in [2.45, 2.75) is 266 Å². The molecule has 0 aliphatic carbocycles. The lowest BCUT2D eigenvalue weighted by Crippen LogP contribution is -2.62. The highest BCUT2D eigenvalue weighted by Crippen LogP contribution is 2.49. The standard InChI is InChI=1S/C91H128N20O21/c1-8-10-24-69-81(122)100-63(40-51(3)4)78(119)96-37-18-22-59(94)77(118)101-64(41-52-29-31-56(132-7)32-30-52)86(127)108-38-17-16-27-70(108)82(123)103-66(44-74(95)113)87(128)109-39-19-28-71(109)83(124)104-67(46-93)80(121)99-62(33-34-75(114)115)88(129)110-49-55(112)45-91(110)90(131)111(91)73(43-53-47-97-60-23-14-12-20-57(53)60)84(125)98-61(35-36-92)79(120)102-65(85(126)106(6)72(25-11-9-2)89(130)105(69)5)42-54-48-107(50-76(116)117)68-26-15-13-21-58(54)68/h12-15,20-21,23,26,29-32,47-48,51,55,59,61-67,69-73,97,112H,8-11,16-19,22,24-25,27-28,33-46,49-50,92-94H2,1-7H3,(H2,95,113)(H,96,119)(H,98,125)(H,99,121)(H,100,122)(H,101,118)(H,102,120)(H,103,123)(H,104,124)(H,114,115)(H,116,117)/t55-,59+,61+,62+,63+,64+,65+,66+,67+,69+,70+,71+,72+,73+,91-,111?/m1/s1. The molecule has 20 N–H and O–H groups in total. The van der Waals surface area contributed by atoms with Gasteiger partial charge in [-0.05, 0) is 130 Å². The number of methoxy groups -OCH3 is 1. The first-order valence-corrected chi connectivity index (χ1v) is 45.5. The average Bonchev–Trinajstić information content (AvgIpc) is 1.51. The predicted octanol–water partition coefficient (Wildman–Crippen LogP) is -1.12. The number of primary amides is 1. The molecule has 41 heteroatoms. The van der Waals surface area contributed by atoms with E-state index in [9.17, 15) is 58.5 Å². The highest BCUT2D eigenvalue weighted by Gasteiger charge is 2.74. The summed E-state index contributed by atoms with van der Waals surface area (Å²) >= 11 is 0. The number of hydrogen-bond donors (Lipinski definition) is 16. The normalized spacial score (nSPS) is 26.4. The number of nitrogens with one attached hydrogen (secondary N) is 9. The Morgan fingerprint density at radius 2 is 1.13 bits per heavy atom. The molecule has 41 nitrogen and oxygen atoms in total. The van der Waals surface area contributed by atoms with Crippen molar-refractivity contribution in [2.24, 2.45) is 28.9 Å². The van der Waals surface area contributed by atoms with Crippen LogP contribution in [0, 0.1) is 5.92 Å². The number of carbonyl (C=O) groups excluding carboxylic acids is 15. The van der Waals surface area contributed by atoms with Gasteiger partial charge >= 0.3 is 11.9 Å². The second-order valence-corrected chi connectivity index (χ2v) is 35.3. The molecule has 7 heterocycles. The number of carboxylic acid groups (broad SMARTS) is 2. The smallest absolute Gasteiger partial charge is 0.323 e. The first-order chi connectivity index (χ1) is 63.0. The van der Waals surface area contributed by atoms with Gasteiger partial charge in [-0.15, -0.1) is 0 Å².